The Kier molecular flexibility index (Phi) is 8.90. The van der Waals surface area contributed by atoms with Gasteiger partial charge < -0.3 is 5.32 Å². The van der Waals surface area contributed by atoms with Crippen LogP contribution in [0.25, 0.3) is 21.7 Å². The lowest BCUT2D eigenvalue weighted by Crippen LogP contribution is -2.45. The lowest BCUT2D eigenvalue weighted by atomic mass is 9.89. The number of hydrogen-bond donors (Lipinski definition) is 1. The molecule has 0 radical (unpaired) electrons. The molecule has 5 aromatic rings. The van der Waals surface area contributed by atoms with Gasteiger partial charge in [0.2, 0.25) is 11.9 Å². The number of aryl methyl sites for hydroxylation is 2. The quantitative estimate of drug-likeness (QED) is 0.210. The molecule has 0 saturated heterocycles. The third-order valence-electron chi connectivity index (χ3n) is 8.03. The van der Waals surface area contributed by atoms with E-state index in [2.05, 4.69) is 32.5 Å². The van der Waals surface area contributed by atoms with Crippen LogP contribution >= 0.6 is 11.3 Å². The average molecular weight is 614 g/mol. The maximum absolute atomic E-state index is 13.8. The number of thiophene rings is 1. The zero-order chi connectivity index (χ0) is 31.2. The summed E-state index contributed by atoms with van der Waals surface area (Å²) in [5.41, 5.74) is 3.94. The van der Waals surface area contributed by atoms with Gasteiger partial charge in [-0.2, -0.15) is 15.6 Å². The first-order valence-corrected chi connectivity index (χ1v) is 15.7. The zero-order valence-corrected chi connectivity index (χ0v) is 25.6. The Bertz CT molecular complexity index is 1860. The molecule has 1 saturated carbocycles. The molecule has 0 spiro atoms. The first-order valence-electron chi connectivity index (χ1n) is 14.9. The van der Waals surface area contributed by atoms with E-state index in [0.717, 1.165) is 47.3 Å². The van der Waals surface area contributed by atoms with Gasteiger partial charge in [-0.3, -0.25) is 14.4 Å². The fourth-order valence-corrected chi connectivity index (χ4v) is 6.52. The number of aromatic nitrogens is 5. The van der Waals surface area contributed by atoms with E-state index in [4.69, 9.17) is 4.98 Å². The smallest absolute Gasteiger partial charge is 0.228 e. The van der Waals surface area contributed by atoms with Crippen LogP contribution in [0.3, 0.4) is 0 Å². The Morgan fingerprint density at radius 2 is 1.80 bits per heavy atom. The number of pyridine rings is 1. The summed E-state index contributed by atoms with van der Waals surface area (Å²) >= 11 is 1.30. The van der Waals surface area contributed by atoms with Crippen LogP contribution in [-0.2, 0) is 18.3 Å². The van der Waals surface area contributed by atoms with Crippen LogP contribution < -0.4 is 10.2 Å². The SMILES string of the molecule is Cn1cc(-c2ccc(N(C(=O)CCc3ccccc3)[C@H]3CC[C@H](Nc4ncc(C#N)c(-c5ccc(C#N)s5)n4)CC3)nc2)cn1. The topological polar surface area (TPSA) is 136 Å². The zero-order valence-electron chi connectivity index (χ0n) is 24.8. The van der Waals surface area contributed by atoms with Gasteiger partial charge in [-0.05, 0) is 61.9 Å². The van der Waals surface area contributed by atoms with Crippen molar-refractivity contribution in [3.8, 4) is 33.8 Å². The molecule has 224 valence electrons. The summed E-state index contributed by atoms with van der Waals surface area (Å²) in [5, 5.41) is 26.5. The van der Waals surface area contributed by atoms with Gasteiger partial charge in [0.05, 0.1) is 22.8 Å². The van der Waals surface area contributed by atoms with E-state index in [1.807, 2.05) is 72.9 Å². The molecule has 45 heavy (non-hydrogen) atoms. The molecule has 0 atom stereocenters. The second-order valence-corrected chi connectivity index (χ2v) is 12.1. The molecule has 11 heteroatoms. The largest absolute Gasteiger partial charge is 0.351 e. The van der Waals surface area contributed by atoms with Crippen LogP contribution in [0, 0.1) is 22.7 Å². The number of rotatable bonds is 9. The lowest BCUT2D eigenvalue weighted by Gasteiger charge is -2.36. The van der Waals surface area contributed by atoms with Crippen molar-refractivity contribution in [2.24, 2.45) is 7.05 Å². The Hall–Kier alpha value is -5.39. The molecular weight excluding hydrogens is 583 g/mol. The molecule has 1 aliphatic rings. The number of benzene rings is 1. The van der Waals surface area contributed by atoms with Crippen LogP contribution in [-0.4, -0.2) is 42.7 Å². The molecule has 0 bridgehead atoms. The van der Waals surface area contributed by atoms with Gasteiger partial charge in [0.25, 0.3) is 0 Å². The predicted octanol–water partition coefficient (Wildman–Crippen LogP) is 6.13. The Labute approximate surface area is 265 Å². The summed E-state index contributed by atoms with van der Waals surface area (Å²) in [7, 11) is 1.88. The van der Waals surface area contributed by atoms with Crippen molar-refractivity contribution in [1.29, 1.82) is 10.5 Å². The van der Waals surface area contributed by atoms with E-state index in [1.165, 1.54) is 17.5 Å². The fourth-order valence-electron chi connectivity index (χ4n) is 5.71. The van der Waals surface area contributed by atoms with Gasteiger partial charge in [0, 0.05) is 49.1 Å². The number of carbonyl (C=O) groups is 1. The van der Waals surface area contributed by atoms with Gasteiger partial charge in [-0.25, -0.2) is 15.0 Å². The summed E-state index contributed by atoms with van der Waals surface area (Å²) in [6.07, 6.45) is 11.4. The first-order chi connectivity index (χ1) is 22.0. The van der Waals surface area contributed by atoms with Crippen LogP contribution in [0.1, 0.15) is 48.1 Å². The number of nitrogens with zero attached hydrogens (tertiary/aromatic N) is 8. The highest BCUT2D eigenvalue weighted by Crippen LogP contribution is 2.32. The minimum Gasteiger partial charge on any atom is -0.351 e. The Morgan fingerprint density at radius 3 is 2.47 bits per heavy atom. The summed E-state index contributed by atoms with van der Waals surface area (Å²) < 4.78 is 1.76. The third kappa shape index (κ3) is 6.90. The van der Waals surface area contributed by atoms with Gasteiger partial charge in [0.15, 0.2) is 0 Å². The number of hydrogen-bond acceptors (Lipinski definition) is 9. The van der Waals surface area contributed by atoms with Crippen molar-refractivity contribution in [3.05, 3.63) is 95.4 Å². The maximum atomic E-state index is 13.8. The van der Waals surface area contributed by atoms with Crippen LogP contribution in [0.15, 0.2) is 79.4 Å². The first kappa shape index (κ1) is 29.7. The molecular formula is C34H31N9OS. The average Bonchev–Trinajstić information content (AvgIpc) is 3.75. The number of anilines is 2. The number of carbonyl (C=O) groups excluding carboxylic acids is 1. The molecule has 0 aliphatic heterocycles. The molecule has 4 heterocycles. The van der Waals surface area contributed by atoms with Gasteiger partial charge in [-0.1, -0.05) is 30.3 Å². The number of amides is 1. The van der Waals surface area contributed by atoms with Crippen LogP contribution in [0.5, 0.6) is 0 Å². The summed E-state index contributed by atoms with van der Waals surface area (Å²) in [4.78, 5) is 30.8. The highest BCUT2D eigenvalue weighted by Gasteiger charge is 2.31. The predicted molar refractivity (Wildman–Crippen MR) is 173 cm³/mol. The second-order valence-electron chi connectivity index (χ2n) is 11.1. The van der Waals surface area contributed by atoms with E-state index in [0.29, 0.717) is 40.7 Å². The minimum atomic E-state index is 0.0102. The highest BCUT2D eigenvalue weighted by molar-refractivity contribution is 7.16. The molecule has 10 nitrogen and oxygen atoms in total. The Morgan fingerprint density at radius 1 is 0.978 bits per heavy atom. The summed E-state index contributed by atoms with van der Waals surface area (Å²) in [6, 6.07) is 21.9. The van der Waals surface area contributed by atoms with E-state index >= 15 is 0 Å². The van der Waals surface area contributed by atoms with Crippen LogP contribution in [0.4, 0.5) is 11.8 Å². The van der Waals surface area contributed by atoms with Crippen molar-refractivity contribution in [3.63, 3.8) is 0 Å². The summed E-state index contributed by atoms with van der Waals surface area (Å²) in [5.74, 6) is 1.16. The maximum Gasteiger partial charge on any atom is 0.228 e. The molecule has 1 aromatic carbocycles. The van der Waals surface area contributed by atoms with Crippen molar-refractivity contribution in [2.45, 2.75) is 50.6 Å². The van der Waals surface area contributed by atoms with E-state index in [9.17, 15) is 15.3 Å². The van der Waals surface area contributed by atoms with E-state index < -0.39 is 0 Å². The normalized spacial score (nSPS) is 16.0. The molecule has 6 rings (SSSR count). The fraction of sp³-hybridized carbons (Fsp3) is 0.265. The molecule has 1 N–H and O–H groups in total. The van der Waals surface area contributed by atoms with E-state index in [-0.39, 0.29) is 18.0 Å². The molecule has 4 aromatic heterocycles. The third-order valence-corrected chi connectivity index (χ3v) is 9.02. The molecule has 1 aliphatic carbocycles. The number of nitrogens with one attached hydrogen (secondary N) is 1. The molecule has 1 amide bonds. The number of nitriles is 2. The van der Waals surface area contributed by atoms with Gasteiger partial charge >= 0.3 is 0 Å². The molecule has 0 unspecified atom stereocenters. The molecule has 1 fully saturated rings. The van der Waals surface area contributed by atoms with Crippen molar-refractivity contribution in [2.75, 3.05) is 10.2 Å². The van der Waals surface area contributed by atoms with Crippen LogP contribution in [0.2, 0.25) is 0 Å². The second kappa shape index (κ2) is 13.5. The standard InChI is InChI=1S/C34H31N9OS/c1-42-22-26(21-39-42)24-8-15-31(37-19-24)43(32(44)16-7-23-5-3-2-4-6-23)28-11-9-27(10-12-28)40-34-38-20-25(17-35)33(41-34)30-14-13-29(18-36)45-30/h2-6,8,13-15,19-22,27-28H,7,9-12,16H2,1H3,(H,38,40,41)/t27-,28-. The van der Waals surface area contributed by atoms with Gasteiger partial charge in [0.1, 0.15) is 28.5 Å². The van der Waals surface area contributed by atoms with Crippen molar-refractivity contribution < 1.29 is 4.79 Å². The monoisotopic (exact) mass is 613 g/mol. The summed E-state index contributed by atoms with van der Waals surface area (Å²) in [6.45, 7) is 0. The highest BCUT2D eigenvalue weighted by atomic mass is 32.1. The van der Waals surface area contributed by atoms with E-state index in [1.54, 1.807) is 16.9 Å². The Balaban J connectivity index is 1.17. The van der Waals surface area contributed by atoms with Gasteiger partial charge in [-0.15, -0.1) is 11.3 Å². The minimum absolute atomic E-state index is 0.0102. The van der Waals surface area contributed by atoms with Crippen molar-refractivity contribution >= 4 is 29.0 Å². The lowest BCUT2D eigenvalue weighted by molar-refractivity contribution is -0.119. The van der Waals surface area contributed by atoms with Crippen molar-refractivity contribution in [1.82, 2.24) is 24.7 Å².